The number of ether oxygens (including phenoxy) is 1. The van der Waals surface area contributed by atoms with Gasteiger partial charge in [0.2, 0.25) is 0 Å². The fourth-order valence-electron chi connectivity index (χ4n) is 3.37. The van der Waals surface area contributed by atoms with Gasteiger partial charge in [-0.2, -0.15) is 0 Å². The highest BCUT2D eigenvalue weighted by atomic mass is 16.5. The van der Waals surface area contributed by atoms with Crippen LogP contribution in [0.2, 0.25) is 0 Å². The van der Waals surface area contributed by atoms with Crippen LogP contribution in [-0.2, 0) is 4.79 Å². The van der Waals surface area contributed by atoms with Crippen LogP contribution in [0.4, 0.5) is 0 Å². The van der Waals surface area contributed by atoms with Crippen molar-refractivity contribution in [3.8, 4) is 5.75 Å². The van der Waals surface area contributed by atoms with E-state index in [0.29, 0.717) is 16.9 Å². The van der Waals surface area contributed by atoms with E-state index in [1.54, 1.807) is 48.8 Å². The second-order valence-corrected chi connectivity index (χ2v) is 7.20. The molecule has 0 aliphatic heterocycles. The predicted molar refractivity (Wildman–Crippen MR) is 122 cm³/mol. The molecule has 0 radical (unpaired) electrons. The summed E-state index contributed by atoms with van der Waals surface area (Å²) in [6.45, 7) is -0.138. The van der Waals surface area contributed by atoms with E-state index in [1.165, 1.54) is 0 Å². The zero-order chi connectivity index (χ0) is 22.2. The molecule has 5 nitrogen and oxygen atoms in total. The summed E-state index contributed by atoms with van der Waals surface area (Å²) in [6, 6.07) is 29.1. The van der Waals surface area contributed by atoms with Crippen LogP contribution in [0.5, 0.6) is 5.75 Å². The predicted octanol–water partition coefficient (Wildman–Crippen LogP) is 4.60. The Morgan fingerprint density at radius 3 is 1.94 bits per heavy atom. The first-order chi connectivity index (χ1) is 15.7. The van der Waals surface area contributed by atoms with Crippen molar-refractivity contribution in [3.05, 3.63) is 132 Å². The van der Waals surface area contributed by atoms with E-state index in [-0.39, 0.29) is 24.3 Å². The van der Waals surface area contributed by atoms with Crippen LogP contribution in [0.3, 0.4) is 0 Å². The van der Waals surface area contributed by atoms with Crippen LogP contribution in [-0.4, -0.2) is 23.3 Å². The van der Waals surface area contributed by atoms with Crippen molar-refractivity contribution in [3.63, 3.8) is 0 Å². The van der Waals surface area contributed by atoms with Gasteiger partial charge in [-0.05, 0) is 47.5 Å². The lowest BCUT2D eigenvalue weighted by Crippen LogP contribution is -2.33. The highest BCUT2D eigenvalue weighted by Gasteiger charge is 2.17. The van der Waals surface area contributed by atoms with Crippen LogP contribution in [0, 0.1) is 0 Å². The highest BCUT2D eigenvalue weighted by molar-refractivity contribution is 6.08. The number of pyridine rings is 1. The summed E-state index contributed by atoms with van der Waals surface area (Å²) in [5, 5.41) is 3.03. The van der Waals surface area contributed by atoms with Gasteiger partial charge in [-0.15, -0.1) is 0 Å². The van der Waals surface area contributed by atoms with Crippen molar-refractivity contribution >= 4 is 11.7 Å². The zero-order valence-corrected chi connectivity index (χ0v) is 17.3. The molecule has 5 heteroatoms. The van der Waals surface area contributed by atoms with Gasteiger partial charge in [0.25, 0.3) is 5.91 Å². The van der Waals surface area contributed by atoms with Gasteiger partial charge in [0.05, 0.1) is 6.04 Å². The minimum absolute atomic E-state index is 0.0575. The summed E-state index contributed by atoms with van der Waals surface area (Å²) in [7, 11) is 0. The van der Waals surface area contributed by atoms with Crippen LogP contribution in [0.25, 0.3) is 0 Å². The molecule has 1 atom stereocenters. The molecular weight excluding hydrogens is 400 g/mol. The third-order valence-electron chi connectivity index (χ3n) is 5.00. The van der Waals surface area contributed by atoms with E-state index in [1.807, 2.05) is 60.7 Å². The molecule has 1 aromatic heterocycles. The number of amides is 1. The molecule has 158 valence electrons. The molecule has 32 heavy (non-hydrogen) atoms. The van der Waals surface area contributed by atoms with Crippen LogP contribution in [0.15, 0.2) is 109 Å². The number of hydrogen-bond acceptors (Lipinski definition) is 4. The Balaban J connectivity index is 1.39. The topological polar surface area (TPSA) is 68.3 Å². The summed E-state index contributed by atoms with van der Waals surface area (Å²) in [5.41, 5.74) is 3.09. The lowest BCUT2D eigenvalue weighted by atomic mass is 10.00. The van der Waals surface area contributed by atoms with Crippen molar-refractivity contribution < 1.29 is 14.3 Å². The van der Waals surface area contributed by atoms with Crippen LogP contribution >= 0.6 is 0 Å². The molecule has 0 aliphatic rings. The normalized spacial score (nSPS) is 11.4. The van der Waals surface area contributed by atoms with Gasteiger partial charge >= 0.3 is 0 Å². The molecular formula is C27H22N2O3. The van der Waals surface area contributed by atoms with Gasteiger partial charge in [0, 0.05) is 23.5 Å². The number of aromatic nitrogens is 1. The first-order valence-corrected chi connectivity index (χ1v) is 10.3. The minimum atomic E-state index is -0.304. The van der Waals surface area contributed by atoms with Gasteiger partial charge in [-0.3, -0.25) is 14.6 Å². The molecule has 1 unspecified atom stereocenters. The third kappa shape index (κ3) is 5.26. The number of nitrogens with zero attached hydrogens (tertiary/aromatic N) is 1. The Morgan fingerprint density at radius 2 is 1.28 bits per heavy atom. The molecule has 4 rings (SSSR count). The number of rotatable bonds is 8. The SMILES string of the molecule is O=C(COc1ccc(C(=O)c2ccccc2)cc1)NC(c1ccccc1)c1ccncc1. The van der Waals surface area contributed by atoms with E-state index in [4.69, 9.17) is 4.74 Å². The third-order valence-corrected chi connectivity index (χ3v) is 5.00. The molecule has 0 saturated heterocycles. The molecule has 1 heterocycles. The molecule has 0 aliphatic carbocycles. The molecule has 1 amide bonds. The van der Waals surface area contributed by atoms with Crippen molar-refractivity contribution in [1.29, 1.82) is 0 Å². The summed E-state index contributed by atoms with van der Waals surface area (Å²) >= 11 is 0. The van der Waals surface area contributed by atoms with Crippen molar-refractivity contribution in [2.24, 2.45) is 0 Å². The van der Waals surface area contributed by atoms with Crippen molar-refractivity contribution in [2.45, 2.75) is 6.04 Å². The molecule has 0 saturated carbocycles. The van der Waals surface area contributed by atoms with E-state index in [9.17, 15) is 9.59 Å². The molecule has 1 N–H and O–H groups in total. The number of hydrogen-bond donors (Lipinski definition) is 1. The Hall–Kier alpha value is -4.25. The second-order valence-electron chi connectivity index (χ2n) is 7.20. The molecule has 0 fully saturated rings. The Bertz CT molecular complexity index is 1120. The molecule has 3 aromatic carbocycles. The summed E-state index contributed by atoms with van der Waals surface area (Å²) in [5.74, 6) is 0.211. The van der Waals surface area contributed by atoms with Gasteiger partial charge in [0.15, 0.2) is 12.4 Å². The maximum atomic E-state index is 12.6. The maximum Gasteiger partial charge on any atom is 0.258 e. The average molecular weight is 422 g/mol. The van der Waals surface area contributed by atoms with Gasteiger partial charge in [-0.1, -0.05) is 60.7 Å². The fourth-order valence-corrected chi connectivity index (χ4v) is 3.37. The smallest absolute Gasteiger partial charge is 0.258 e. The summed E-state index contributed by atoms with van der Waals surface area (Å²) in [4.78, 5) is 29.2. The fraction of sp³-hybridized carbons (Fsp3) is 0.0741. The molecule has 4 aromatic rings. The number of nitrogens with one attached hydrogen (secondary N) is 1. The monoisotopic (exact) mass is 422 g/mol. The lowest BCUT2D eigenvalue weighted by Gasteiger charge is -2.20. The average Bonchev–Trinajstić information content (AvgIpc) is 2.87. The first kappa shape index (κ1) is 21.0. The standard InChI is InChI=1S/C27H22N2O3/c30-25(29-26(20-7-3-1-4-8-20)21-15-17-28-18-16-21)19-32-24-13-11-23(12-14-24)27(31)22-9-5-2-6-10-22/h1-18,26H,19H2,(H,29,30). The number of ketones is 1. The lowest BCUT2D eigenvalue weighted by molar-refractivity contribution is -0.123. The van der Waals surface area contributed by atoms with Crippen molar-refractivity contribution in [1.82, 2.24) is 10.3 Å². The maximum absolute atomic E-state index is 12.6. The largest absolute Gasteiger partial charge is 0.484 e. The van der Waals surface area contributed by atoms with Gasteiger partial charge in [0.1, 0.15) is 5.75 Å². The van der Waals surface area contributed by atoms with Gasteiger partial charge in [-0.25, -0.2) is 0 Å². The highest BCUT2D eigenvalue weighted by Crippen LogP contribution is 2.21. The van der Waals surface area contributed by atoms with Crippen molar-refractivity contribution in [2.75, 3.05) is 6.61 Å². The summed E-state index contributed by atoms with van der Waals surface area (Å²) in [6.07, 6.45) is 3.40. The number of carbonyl (C=O) groups excluding carboxylic acids is 2. The van der Waals surface area contributed by atoms with E-state index in [0.717, 1.165) is 11.1 Å². The Kier molecular flexibility index (Phi) is 6.68. The van der Waals surface area contributed by atoms with E-state index in [2.05, 4.69) is 10.3 Å². The Labute approximate surface area is 186 Å². The summed E-state index contributed by atoms with van der Waals surface area (Å²) < 4.78 is 5.65. The zero-order valence-electron chi connectivity index (χ0n) is 17.3. The van der Waals surface area contributed by atoms with Crippen LogP contribution in [0.1, 0.15) is 33.1 Å². The van der Waals surface area contributed by atoms with E-state index >= 15 is 0 Å². The van der Waals surface area contributed by atoms with Crippen LogP contribution < -0.4 is 10.1 Å². The minimum Gasteiger partial charge on any atom is -0.484 e. The second kappa shape index (κ2) is 10.2. The number of carbonyl (C=O) groups is 2. The molecule has 0 spiro atoms. The van der Waals surface area contributed by atoms with E-state index < -0.39 is 0 Å². The number of benzene rings is 3. The Morgan fingerprint density at radius 1 is 0.719 bits per heavy atom. The molecule has 0 bridgehead atoms. The quantitative estimate of drug-likeness (QED) is 0.422. The van der Waals surface area contributed by atoms with Gasteiger partial charge < -0.3 is 10.1 Å². The first-order valence-electron chi connectivity index (χ1n) is 10.3.